The van der Waals surface area contributed by atoms with E-state index in [4.69, 9.17) is 9.47 Å². The monoisotopic (exact) mass is 459 g/mol. The van der Waals surface area contributed by atoms with Crippen LogP contribution in [-0.2, 0) is 0 Å². The summed E-state index contributed by atoms with van der Waals surface area (Å²) >= 11 is 0. The number of rotatable bonds is 6. The summed E-state index contributed by atoms with van der Waals surface area (Å²) in [7, 11) is 3.10. The molecule has 1 aliphatic heterocycles. The first-order valence-electron chi connectivity index (χ1n) is 11.2. The minimum absolute atomic E-state index is 0.0889. The third kappa shape index (κ3) is 4.98. The number of nitrogens with zero attached hydrogens (tertiary/aromatic N) is 2. The van der Waals surface area contributed by atoms with Gasteiger partial charge in [0.05, 0.1) is 14.2 Å². The minimum atomic E-state index is -0.225. The molecule has 0 atom stereocenters. The molecule has 4 rings (SSSR count). The zero-order chi connectivity index (χ0) is 24.1. The number of ether oxygens (including phenoxy) is 2. The van der Waals surface area contributed by atoms with E-state index in [1.165, 1.54) is 7.11 Å². The lowest BCUT2D eigenvalue weighted by Gasteiger charge is -2.36. The van der Waals surface area contributed by atoms with Crippen molar-refractivity contribution in [2.45, 2.75) is 6.92 Å². The molecule has 0 saturated carbocycles. The minimum Gasteiger partial charge on any atom is -0.493 e. The maximum absolute atomic E-state index is 12.9. The SMILES string of the molecule is COc1ccc(C(=O)Nc2ccc(N3CCN(C(=O)c4ccccc4C)CC3)cc2)cc1OC. The van der Waals surface area contributed by atoms with Crippen LogP contribution >= 0.6 is 0 Å². The maximum atomic E-state index is 12.9. The standard InChI is InChI=1S/C27H29N3O4/c1-19-6-4-5-7-23(19)27(32)30-16-14-29(15-17-30)22-11-9-21(10-12-22)28-26(31)20-8-13-24(33-2)25(18-20)34-3/h4-13,18H,14-17H2,1-3H3,(H,28,31). The van der Waals surface area contributed by atoms with Gasteiger partial charge >= 0.3 is 0 Å². The number of hydrogen-bond acceptors (Lipinski definition) is 5. The van der Waals surface area contributed by atoms with E-state index in [0.717, 1.165) is 29.9 Å². The van der Waals surface area contributed by atoms with Gasteiger partial charge in [-0.05, 0) is 61.0 Å². The topological polar surface area (TPSA) is 71.1 Å². The van der Waals surface area contributed by atoms with Crippen LogP contribution in [0.4, 0.5) is 11.4 Å². The molecule has 1 N–H and O–H groups in total. The fourth-order valence-electron chi connectivity index (χ4n) is 4.09. The average molecular weight is 460 g/mol. The predicted molar refractivity (Wildman–Crippen MR) is 133 cm³/mol. The molecule has 0 aliphatic carbocycles. The number of anilines is 2. The van der Waals surface area contributed by atoms with Gasteiger partial charge in [0, 0.05) is 48.7 Å². The molecule has 1 fully saturated rings. The van der Waals surface area contributed by atoms with E-state index in [0.29, 0.717) is 35.8 Å². The highest BCUT2D eigenvalue weighted by atomic mass is 16.5. The molecule has 176 valence electrons. The molecular weight excluding hydrogens is 430 g/mol. The first kappa shape index (κ1) is 23.2. The van der Waals surface area contributed by atoms with Gasteiger partial charge in [-0.3, -0.25) is 9.59 Å². The average Bonchev–Trinajstić information content (AvgIpc) is 2.88. The Balaban J connectivity index is 1.35. The van der Waals surface area contributed by atoms with Crippen LogP contribution in [-0.4, -0.2) is 57.1 Å². The zero-order valence-electron chi connectivity index (χ0n) is 19.7. The van der Waals surface area contributed by atoms with Crippen LogP contribution < -0.4 is 19.7 Å². The number of hydrogen-bond donors (Lipinski definition) is 1. The van der Waals surface area contributed by atoms with Crippen molar-refractivity contribution < 1.29 is 19.1 Å². The summed E-state index contributed by atoms with van der Waals surface area (Å²) < 4.78 is 10.5. The number of amides is 2. The van der Waals surface area contributed by atoms with Crippen LogP contribution in [0, 0.1) is 6.92 Å². The first-order valence-corrected chi connectivity index (χ1v) is 11.2. The highest BCUT2D eigenvalue weighted by molar-refractivity contribution is 6.04. The summed E-state index contributed by atoms with van der Waals surface area (Å²) in [5.41, 5.74) is 4.02. The van der Waals surface area contributed by atoms with Crippen molar-refractivity contribution in [3.05, 3.63) is 83.4 Å². The third-order valence-corrected chi connectivity index (χ3v) is 6.08. The van der Waals surface area contributed by atoms with Gasteiger partial charge in [-0.15, -0.1) is 0 Å². The van der Waals surface area contributed by atoms with Gasteiger partial charge in [-0.1, -0.05) is 18.2 Å². The van der Waals surface area contributed by atoms with Crippen LogP contribution in [0.2, 0.25) is 0 Å². The Hall–Kier alpha value is -4.00. The largest absolute Gasteiger partial charge is 0.493 e. The second kappa shape index (κ2) is 10.3. The normalized spacial score (nSPS) is 13.4. The molecule has 34 heavy (non-hydrogen) atoms. The molecular formula is C27H29N3O4. The highest BCUT2D eigenvalue weighted by Gasteiger charge is 2.23. The Kier molecular flexibility index (Phi) is 7.01. The second-order valence-corrected chi connectivity index (χ2v) is 8.16. The maximum Gasteiger partial charge on any atom is 0.255 e. The van der Waals surface area contributed by atoms with Gasteiger partial charge in [-0.25, -0.2) is 0 Å². The van der Waals surface area contributed by atoms with E-state index >= 15 is 0 Å². The van der Waals surface area contributed by atoms with E-state index in [-0.39, 0.29) is 11.8 Å². The van der Waals surface area contributed by atoms with Crippen molar-refractivity contribution in [3.8, 4) is 11.5 Å². The van der Waals surface area contributed by atoms with Gasteiger partial charge in [0.15, 0.2) is 11.5 Å². The van der Waals surface area contributed by atoms with E-state index in [1.54, 1.807) is 25.3 Å². The van der Waals surface area contributed by atoms with Crippen LogP contribution in [0.1, 0.15) is 26.3 Å². The molecule has 0 bridgehead atoms. The molecule has 7 nitrogen and oxygen atoms in total. The molecule has 1 heterocycles. The molecule has 1 aliphatic rings. The fraction of sp³-hybridized carbons (Fsp3) is 0.259. The smallest absolute Gasteiger partial charge is 0.255 e. The molecule has 0 spiro atoms. The van der Waals surface area contributed by atoms with Crippen LogP contribution in [0.25, 0.3) is 0 Å². The van der Waals surface area contributed by atoms with Crippen molar-refractivity contribution in [1.29, 1.82) is 0 Å². The molecule has 3 aromatic carbocycles. The van der Waals surface area contributed by atoms with E-state index in [9.17, 15) is 9.59 Å². The zero-order valence-corrected chi connectivity index (χ0v) is 19.7. The van der Waals surface area contributed by atoms with Gasteiger partial charge < -0.3 is 24.6 Å². The van der Waals surface area contributed by atoms with Crippen molar-refractivity contribution in [2.75, 3.05) is 50.6 Å². The first-order chi connectivity index (χ1) is 16.5. The Labute approximate surface area is 199 Å². The predicted octanol–water partition coefficient (Wildman–Crippen LogP) is 4.23. The summed E-state index contributed by atoms with van der Waals surface area (Å²) in [5.74, 6) is 0.942. The Morgan fingerprint density at radius 1 is 0.824 bits per heavy atom. The number of nitrogens with one attached hydrogen (secondary N) is 1. The Morgan fingerprint density at radius 2 is 1.50 bits per heavy atom. The number of carbonyl (C=O) groups excluding carboxylic acids is 2. The van der Waals surface area contributed by atoms with Crippen LogP contribution in [0.3, 0.4) is 0 Å². The van der Waals surface area contributed by atoms with Crippen molar-refractivity contribution in [1.82, 2.24) is 4.90 Å². The fourth-order valence-corrected chi connectivity index (χ4v) is 4.09. The second-order valence-electron chi connectivity index (χ2n) is 8.16. The Morgan fingerprint density at radius 3 is 2.15 bits per heavy atom. The molecule has 2 amide bonds. The number of carbonyl (C=O) groups is 2. The van der Waals surface area contributed by atoms with E-state index < -0.39 is 0 Å². The summed E-state index contributed by atoms with van der Waals surface area (Å²) in [5, 5.41) is 2.92. The van der Waals surface area contributed by atoms with E-state index in [2.05, 4.69) is 10.2 Å². The molecule has 0 aromatic heterocycles. The van der Waals surface area contributed by atoms with Crippen LogP contribution in [0.5, 0.6) is 11.5 Å². The highest BCUT2D eigenvalue weighted by Crippen LogP contribution is 2.28. The van der Waals surface area contributed by atoms with Crippen molar-refractivity contribution in [3.63, 3.8) is 0 Å². The lowest BCUT2D eigenvalue weighted by molar-refractivity contribution is 0.0746. The number of aryl methyl sites for hydroxylation is 1. The number of benzene rings is 3. The lowest BCUT2D eigenvalue weighted by Crippen LogP contribution is -2.48. The van der Waals surface area contributed by atoms with E-state index in [1.807, 2.05) is 60.4 Å². The lowest BCUT2D eigenvalue weighted by atomic mass is 10.1. The summed E-state index contributed by atoms with van der Waals surface area (Å²) in [6, 6.07) is 20.5. The molecule has 3 aromatic rings. The number of methoxy groups -OCH3 is 2. The number of piperazine rings is 1. The summed E-state index contributed by atoms with van der Waals surface area (Å²) in [6.07, 6.45) is 0. The van der Waals surface area contributed by atoms with Crippen LogP contribution in [0.15, 0.2) is 66.7 Å². The van der Waals surface area contributed by atoms with Gasteiger partial charge in [0.1, 0.15) is 0 Å². The van der Waals surface area contributed by atoms with Crippen molar-refractivity contribution in [2.24, 2.45) is 0 Å². The summed E-state index contributed by atoms with van der Waals surface area (Å²) in [6.45, 7) is 4.83. The van der Waals surface area contributed by atoms with Crippen molar-refractivity contribution >= 4 is 23.2 Å². The Bertz CT molecular complexity index is 1170. The van der Waals surface area contributed by atoms with Gasteiger partial charge in [0.25, 0.3) is 11.8 Å². The molecule has 7 heteroatoms. The third-order valence-electron chi connectivity index (χ3n) is 6.08. The molecule has 1 saturated heterocycles. The van der Waals surface area contributed by atoms with Gasteiger partial charge in [0.2, 0.25) is 0 Å². The molecule has 0 radical (unpaired) electrons. The van der Waals surface area contributed by atoms with Gasteiger partial charge in [-0.2, -0.15) is 0 Å². The molecule has 0 unspecified atom stereocenters. The summed E-state index contributed by atoms with van der Waals surface area (Å²) in [4.78, 5) is 29.7. The quantitative estimate of drug-likeness (QED) is 0.598.